The lowest BCUT2D eigenvalue weighted by Crippen LogP contribution is -2.47. The quantitative estimate of drug-likeness (QED) is 0.0867. The molecule has 51 heavy (non-hydrogen) atoms. The van der Waals surface area contributed by atoms with Crippen LogP contribution in [-0.2, 0) is 36.9 Å². The molecular formula is C39H45FN4O6S. The van der Waals surface area contributed by atoms with Crippen LogP contribution in [0.3, 0.4) is 0 Å². The van der Waals surface area contributed by atoms with Gasteiger partial charge >= 0.3 is 5.97 Å². The Hall–Kier alpha value is -4.84. The second-order valence-electron chi connectivity index (χ2n) is 12.2. The zero-order valence-electron chi connectivity index (χ0n) is 29.0. The van der Waals surface area contributed by atoms with E-state index in [-0.39, 0.29) is 41.6 Å². The van der Waals surface area contributed by atoms with Gasteiger partial charge < -0.3 is 20.7 Å². The average molecular weight is 717 g/mol. The third-order valence-electron chi connectivity index (χ3n) is 8.25. The van der Waals surface area contributed by atoms with Crippen molar-refractivity contribution in [2.45, 2.75) is 90.3 Å². The smallest absolute Gasteiger partial charge is 0.329 e. The SMILES string of the molecule is C/C=C1\NC(=O)c2cc(F)cc(n2)CNC(=O)C[C@@H](/C=C/CCSC(=O)CCCCCCC)OC(=O)[C@H](Cc2cccc3ccccc23)NC1=O. The van der Waals surface area contributed by atoms with Gasteiger partial charge in [0.25, 0.3) is 11.8 Å². The fourth-order valence-electron chi connectivity index (χ4n) is 5.58. The Bertz CT molecular complexity index is 1770. The van der Waals surface area contributed by atoms with Crippen molar-refractivity contribution in [2.24, 2.45) is 0 Å². The first-order chi connectivity index (χ1) is 24.7. The molecular weight excluding hydrogens is 672 g/mol. The fourth-order valence-corrected chi connectivity index (χ4v) is 6.35. The summed E-state index contributed by atoms with van der Waals surface area (Å²) in [5, 5.41) is 9.75. The Labute approximate surface area is 302 Å². The van der Waals surface area contributed by atoms with Gasteiger partial charge in [0.2, 0.25) is 5.91 Å². The number of pyridine rings is 1. The summed E-state index contributed by atoms with van der Waals surface area (Å²) in [6, 6.07) is 14.1. The van der Waals surface area contributed by atoms with Crippen LogP contribution in [0.4, 0.5) is 4.39 Å². The van der Waals surface area contributed by atoms with Gasteiger partial charge in [0, 0.05) is 24.7 Å². The van der Waals surface area contributed by atoms with Gasteiger partial charge in [-0.05, 0) is 48.2 Å². The van der Waals surface area contributed by atoms with Gasteiger partial charge in [-0.2, -0.15) is 0 Å². The van der Waals surface area contributed by atoms with Crippen LogP contribution in [0.25, 0.3) is 10.8 Å². The molecule has 0 spiro atoms. The molecule has 2 atom stereocenters. The number of thioether (sulfide) groups is 1. The first-order valence-corrected chi connectivity index (χ1v) is 18.4. The zero-order valence-corrected chi connectivity index (χ0v) is 29.9. The summed E-state index contributed by atoms with van der Waals surface area (Å²) in [6.45, 7) is 3.49. The number of nitrogens with zero attached hydrogens (tertiary/aromatic N) is 1. The fraction of sp³-hybridized carbons (Fsp3) is 0.385. The maximum Gasteiger partial charge on any atom is 0.329 e. The summed E-state index contributed by atoms with van der Waals surface area (Å²) < 4.78 is 20.4. The molecule has 2 bridgehead atoms. The number of ether oxygens (including phenoxy) is 1. The van der Waals surface area contributed by atoms with Crippen molar-refractivity contribution in [3.8, 4) is 0 Å². The number of unbranched alkanes of at least 4 members (excludes halogenated alkanes) is 4. The number of allylic oxidation sites excluding steroid dienone is 2. The van der Waals surface area contributed by atoms with Crippen LogP contribution in [0.5, 0.6) is 0 Å². The number of hydrogen-bond donors (Lipinski definition) is 3. The van der Waals surface area contributed by atoms with E-state index in [1.807, 2.05) is 42.5 Å². The van der Waals surface area contributed by atoms with Crippen molar-refractivity contribution in [1.82, 2.24) is 20.9 Å². The Kier molecular flexibility index (Phi) is 15.4. The number of nitrogens with one attached hydrogen (secondary N) is 3. The molecule has 0 fully saturated rings. The first kappa shape index (κ1) is 39.0. The summed E-state index contributed by atoms with van der Waals surface area (Å²) in [4.78, 5) is 70.0. The number of cyclic esters (lactones) is 1. The normalized spacial score (nSPS) is 18.4. The van der Waals surface area contributed by atoms with E-state index in [2.05, 4.69) is 27.9 Å². The highest BCUT2D eigenvalue weighted by atomic mass is 32.2. The number of fused-ring (bicyclic) bond motifs is 3. The predicted molar refractivity (Wildman–Crippen MR) is 196 cm³/mol. The van der Waals surface area contributed by atoms with Gasteiger partial charge in [-0.3, -0.25) is 19.2 Å². The second-order valence-corrected chi connectivity index (χ2v) is 13.4. The van der Waals surface area contributed by atoms with Crippen molar-refractivity contribution in [2.75, 3.05) is 5.75 Å². The monoisotopic (exact) mass is 716 g/mol. The molecule has 1 aliphatic heterocycles. The van der Waals surface area contributed by atoms with E-state index in [4.69, 9.17) is 4.74 Å². The molecule has 1 aromatic heterocycles. The van der Waals surface area contributed by atoms with Crippen molar-refractivity contribution in [3.63, 3.8) is 0 Å². The van der Waals surface area contributed by atoms with Crippen LogP contribution in [-0.4, -0.2) is 51.7 Å². The highest BCUT2D eigenvalue weighted by molar-refractivity contribution is 8.13. The average Bonchev–Trinajstić information content (AvgIpc) is 3.11. The highest BCUT2D eigenvalue weighted by Crippen LogP contribution is 2.21. The molecule has 3 amide bonds. The summed E-state index contributed by atoms with van der Waals surface area (Å²) in [5.74, 6) is -3.13. The molecule has 4 rings (SSSR count). The maximum atomic E-state index is 14.5. The maximum absolute atomic E-state index is 14.5. The molecule has 2 aromatic carbocycles. The van der Waals surface area contributed by atoms with Gasteiger partial charge in [-0.25, -0.2) is 14.2 Å². The van der Waals surface area contributed by atoms with Gasteiger partial charge in [0.05, 0.1) is 18.7 Å². The van der Waals surface area contributed by atoms with E-state index >= 15 is 0 Å². The van der Waals surface area contributed by atoms with Gasteiger partial charge in [-0.15, -0.1) is 0 Å². The summed E-state index contributed by atoms with van der Waals surface area (Å²) in [5.41, 5.74) is 0.384. The Morgan fingerprint density at radius 1 is 1.02 bits per heavy atom. The number of hydrogen-bond acceptors (Lipinski definition) is 8. The molecule has 0 aliphatic carbocycles. The van der Waals surface area contributed by atoms with Crippen molar-refractivity contribution < 1.29 is 33.1 Å². The molecule has 10 nitrogen and oxygen atoms in total. The van der Waals surface area contributed by atoms with Gasteiger partial charge in [-0.1, -0.05) is 99.0 Å². The molecule has 1 aliphatic rings. The number of carbonyl (C=O) groups excluding carboxylic acids is 5. The molecule has 2 heterocycles. The molecule has 3 aromatic rings. The minimum absolute atomic E-state index is 0.0471. The van der Waals surface area contributed by atoms with Crippen LogP contribution in [0, 0.1) is 5.82 Å². The largest absolute Gasteiger partial charge is 0.456 e. The number of carbonyl (C=O) groups is 5. The molecule has 0 saturated heterocycles. The van der Waals surface area contributed by atoms with E-state index in [1.54, 1.807) is 12.2 Å². The van der Waals surface area contributed by atoms with E-state index in [9.17, 15) is 28.4 Å². The standard InChI is InChI=1S/C39H45FN4O6S/c1-3-5-6-7-8-19-36(46)51-20-12-11-17-30-24-35(45)41-25-29-22-28(40)23-33(42-29)38(48)43-32(4-2)37(47)44-34(39(49)50-30)21-27-16-13-15-26-14-9-10-18-31(26)27/h4,9-11,13-18,22-23,30,34H,3,5-8,12,19-21,24-25H2,1-2H3,(H,41,45)(H,43,48)(H,44,47)/b17-11+,32-4-/t30-,34+/m1/s1. The lowest BCUT2D eigenvalue weighted by atomic mass is 9.98. The summed E-state index contributed by atoms with van der Waals surface area (Å²) in [7, 11) is 0. The van der Waals surface area contributed by atoms with Crippen LogP contribution < -0.4 is 16.0 Å². The van der Waals surface area contributed by atoms with Gasteiger partial charge in [0.15, 0.2) is 5.12 Å². The minimum atomic E-state index is -1.22. The molecule has 3 N–H and O–H groups in total. The number of rotatable bonds is 12. The number of esters is 1. The lowest BCUT2D eigenvalue weighted by Gasteiger charge is -2.23. The van der Waals surface area contributed by atoms with E-state index < -0.39 is 41.7 Å². The number of aromatic nitrogens is 1. The summed E-state index contributed by atoms with van der Waals surface area (Å²) >= 11 is 1.25. The van der Waals surface area contributed by atoms with Crippen LogP contribution in [0.15, 0.2) is 78.5 Å². The van der Waals surface area contributed by atoms with Gasteiger partial charge in [0.1, 0.15) is 29.4 Å². The molecule has 0 radical (unpaired) electrons. The predicted octanol–water partition coefficient (Wildman–Crippen LogP) is 6.23. The third kappa shape index (κ3) is 12.5. The van der Waals surface area contributed by atoms with E-state index in [1.165, 1.54) is 31.2 Å². The van der Waals surface area contributed by atoms with E-state index in [0.29, 0.717) is 18.6 Å². The van der Waals surface area contributed by atoms with Crippen LogP contribution in [0.2, 0.25) is 0 Å². The third-order valence-corrected chi connectivity index (χ3v) is 9.22. The Balaban J connectivity index is 1.57. The number of halogens is 1. The highest BCUT2D eigenvalue weighted by Gasteiger charge is 2.29. The second kappa shape index (κ2) is 20.1. The molecule has 12 heteroatoms. The molecule has 0 unspecified atom stereocenters. The molecule has 270 valence electrons. The minimum Gasteiger partial charge on any atom is -0.456 e. The van der Waals surface area contributed by atoms with Crippen molar-refractivity contribution >= 4 is 51.3 Å². The van der Waals surface area contributed by atoms with Crippen LogP contribution >= 0.6 is 11.8 Å². The number of amides is 3. The molecule has 0 saturated carbocycles. The van der Waals surface area contributed by atoms with Crippen molar-refractivity contribution in [3.05, 3.63) is 101 Å². The first-order valence-electron chi connectivity index (χ1n) is 17.4. The number of benzene rings is 2. The van der Waals surface area contributed by atoms with E-state index in [0.717, 1.165) is 54.2 Å². The zero-order chi connectivity index (χ0) is 36.6. The summed E-state index contributed by atoms with van der Waals surface area (Å²) in [6.07, 6.45) is 9.86. The van der Waals surface area contributed by atoms with Crippen LogP contribution in [0.1, 0.15) is 87.0 Å². The van der Waals surface area contributed by atoms with Crippen molar-refractivity contribution in [1.29, 1.82) is 0 Å². The lowest BCUT2D eigenvalue weighted by molar-refractivity contribution is -0.151. The Morgan fingerprint density at radius 2 is 1.80 bits per heavy atom. The Morgan fingerprint density at radius 3 is 2.61 bits per heavy atom. The topological polar surface area (TPSA) is 144 Å².